The smallest absolute Gasteiger partial charge is 0.310 e. The van der Waals surface area contributed by atoms with Crippen molar-refractivity contribution in [3.8, 4) is 5.75 Å². The third-order valence-corrected chi connectivity index (χ3v) is 7.34. The highest BCUT2D eigenvalue weighted by molar-refractivity contribution is 5.74. The van der Waals surface area contributed by atoms with Crippen molar-refractivity contribution >= 4 is 5.97 Å². The summed E-state index contributed by atoms with van der Waals surface area (Å²) >= 11 is 0. The third kappa shape index (κ3) is 1.68. The van der Waals surface area contributed by atoms with Crippen LogP contribution in [0.2, 0.25) is 0 Å². The van der Waals surface area contributed by atoms with Crippen molar-refractivity contribution in [1.29, 1.82) is 0 Å². The molecule has 1 saturated carbocycles. The maximum absolute atomic E-state index is 12.3. The van der Waals surface area contributed by atoms with E-state index in [1.165, 1.54) is 18.2 Å². The minimum Gasteiger partial charge on any atom is -0.508 e. The number of esters is 1. The van der Waals surface area contributed by atoms with E-state index in [-0.39, 0.29) is 28.8 Å². The first kappa shape index (κ1) is 15.0. The average molecular weight is 315 g/mol. The number of likely N-dealkylation sites (N-methyl/N-ethyl adjacent to an activating group) is 1. The Morgan fingerprint density at radius 2 is 2.09 bits per heavy atom. The summed E-state index contributed by atoms with van der Waals surface area (Å²) in [4.78, 5) is 14.7. The van der Waals surface area contributed by atoms with Crippen molar-refractivity contribution in [2.24, 2.45) is 11.3 Å². The van der Waals surface area contributed by atoms with Gasteiger partial charge < -0.3 is 9.84 Å². The number of carbonyl (C=O) groups excluding carboxylic acids is 1. The molecule has 0 amide bonds. The van der Waals surface area contributed by atoms with Crippen molar-refractivity contribution in [3.63, 3.8) is 0 Å². The number of methoxy groups -OCH3 is 1. The summed E-state index contributed by atoms with van der Waals surface area (Å²) in [6.45, 7) is 4.65. The molecular weight excluding hydrogens is 290 g/mol. The molecule has 2 aliphatic carbocycles. The van der Waals surface area contributed by atoms with Gasteiger partial charge in [-0.3, -0.25) is 9.69 Å². The summed E-state index contributed by atoms with van der Waals surface area (Å²) in [5.41, 5.74) is 2.62. The molecule has 0 spiro atoms. The second-order valence-corrected chi connectivity index (χ2v) is 8.08. The van der Waals surface area contributed by atoms with Gasteiger partial charge >= 0.3 is 5.97 Å². The Kier molecular flexibility index (Phi) is 2.94. The molecule has 2 heterocycles. The van der Waals surface area contributed by atoms with Gasteiger partial charge in [-0.15, -0.1) is 0 Å². The number of carbonyl (C=O) groups is 1. The number of rotatable bonds is 1. The summed E-state index contributed by atoms with van der Waals surface area (Å²) in [7, 11) is 3.65. The van der Waals surface area contributed by atoms with E-state index in [2.05, 4.69) is 31.9 Å². The molecule has 4 heteroatoms. The molecule has 3 unspecified atom stereocenters. The lowest BCUT2D eigenvalue weighted by molar-refractivity contribution is -0.178. The molecule has 4 nitrogen and oxygen atoms in total. The summed E-state index contributed by atoms with van der Waals surface area (Å²) in [5.74, 6) is 0.217. The second kappa shape index (κ2) is 4.50. The van der Waals surface area contributed by atoms with E-state index in [9.17, 15) is 9.90 Å². The number of aromatic hydroxyl groups is 1. The number of ether oxygens (including phenoxy) is 1. The summed E-state index contributed by atoms with van der Waals surface area (Å²) < 4.78 is 5.07. The van der Waals surface area contributed by atoms with Crippen LogP contribution in [0.3, 0.4) is 0 Å². The molecule has 5 rings (SSSR count). The van der Waals surface area contributed by atoms with Crippen LogP contribution in [0.5, 0.6) is 5.75 Å². The minimum atomic E-state index is -0.0784. The third-order valence-electron chi connectivity index (χ3n) is 7.34. The van der Waals surface area contributed by atoms with Gasteiger partial charge in [0.25, 0.3) is 0 Å². The molecule has 4 bridgehead atoms. The Hall–Kier alpha value is -1.55. The molecule has 1 aromatic carbocycles. The van der Waals surface area contributed by atoms with Crippen molar-refractivity contribution in [2.45, 2.75) is 50.6 Å². The monoisotopic (exact) mass is 315 g/mol. The van der Waals surface area contributed by atoms with Crippen molar-refractivity contribution in [1.82, 2.24) is 4.90 Å². The normalized spacial score (nSPS) is 41.5. The number of hydrogen-bond donors (Lipinski definition) is 1. The Morgan fingerprint density at radius 3 is 2.78 bits per heavy atom. The second-order valence-electron chi connectivity index (χ2n) is 8.08. The van der Waals surface area contributed by atoms with Gasteiger partial charge in [0.05, 0.1) is 13.0 Å². The number of nitrogens with zero attached hydrogens (tertiary/aromatic N) is 1. The summed E-state index contributed by atoms with van der Waals surface area (Å²) in [6.07, 6.45) is 2.79. The van der Waals surface area contributed by atoms with Crippen LogP contribution in [0.1, 0.15) is 37.8 Å². The van der Waals surface area contributed by atoms with Gasteiger partial charge in [0, 0.05) is 17.5 Å². The van der Waals surface area contributed by atoms with Crippen LogP contribution in [-0.4, -0.2) is 42.2 Å². The molecule has 4 aliphatic rings. The fourth-order valence-corrected chi connectivity index (χ4v) is 5.87. The SMILES string of the molecule is COC(=O)C1C[C@]2(C)C3Cc4ccc(O)cc4[C@]2(C)CC1N3C. The van der Waals surface area contributed by atoms with Gasteiger partial charge in [0.1, 0.15) is 5.75 Å². The van der Waals surface area contributed by atoms with Crippen molar-refractivity contribution in [3.05, 3.63) is 29.3 Å². The molecule has 23 heavy (non-hydrogen) atoms. The standard InChI is InChI=1S/C19H25NO3/c1-18-10-15-13(17(22)23-4)9-19(18,2)16(20(15)3)7-11-5-6-12(21)8-14(11)18/h5-6,8,13,15-16,21H,7,9-10H2,1-4H3/t13?,15?,16?,18-,19+/m0/s1. The van der Waals surface area contributed by atoms with Crippen LogP contribution in [-0.2, 0) is 21.4 Å². The molecule has 0 radical (unpaired) electrons. The number of piperidine rings is 2. The highest BCUT2D eigenvalue weighted by Crippen LogP contribution is 2.64. The van der Waals surface area contributed by atoms with E-state index in [0.29, 0.717) is 11.8 Å². The van der Waals surface area contributed by atoms with Crippen molar-refractivity contribution in [2.75, 3.05) is 14.2 Å². The summed E-state index contributed by atoms with van der Waals surface area (Å²) in [5, 5.41) is 10.00. The topological polar surface area (TPSA) is 49.8 Å². The average Bonchev–Trinajstić information content (AvgIpc) is 2.52. The van der Waals surface area contributed by atoms with E-state index in [4.69, 9.17) is 4.74 Å². The van der Waals surface area contributed by atoms with Crippen LogP contribution in [0.25, 0.3) is 0 Å². The van der Waals surface area contributed by atoms with Gasteiger partial charge in [-0.1, -0.05) is 19.9 Å². The van der Waals surface area contributed by atoms with Crippen LogP contribution < -0.4 is 0 Å². The number of benzene rings is 1. The Bertz CT molecular complexity index is 687. The lowest BCUT2D eigenvalue weighted by atomic mass is 9.42. The van der Waals surface area contributed by atoms with Gasteiger partial charge in [0.2, 0.25) is 0 Å². The molecule has 5 atom stereocenters. The maximum atomic E-state index is 12.3. The van der Waals surface area contributed by atoms with E-state index in [1.807, 2.05) is 6.07 Å². The van der Waals surface area contributed by atoms with Crippen LogP contribution in [0.4, 0.5) is 0 Å². The highest BCUT2D eigenvalue weighted by atomic mass is 16.5. The molecular formula is C19H25NO3. The molecule has 1 N–H and O–H groups in total. The molecule has 3 fully saturated rings. The number of phenols is 1. The Balaban J connectivity index is 1.87. The zero-order valence-corrected chi connectivity index (χ0v) is 14.3. The number of phenolic OH excluding ortho intramolecular Hbond substituents is 1. The highest BCUT2D eigenvalue weighted by Gasteiger charge is 2.66. The molecule has 1 aromatic rings. The largest absolute Gasteiger partial charge is 0.508 e. The van der Waals surface area contributed by atoms with Gasteiger partial charge in [-0.25, -0.2) is 0 Å². The lowest BCUT2D eigenvalue weighted by Crippen LogP contribution is -2.73. The fraction of sp³-hybridized carbons (Fsp3) is 0.632. The van der Waals surface area contributed by atoms with Crippen molar-refractivity contribution < 1.29 is 14.6 Å². The number of fused-ring (bicyclic) bond motifs is 2. The predicted octanol–water partition coefficient (Wildman–Crippen LogP) is 2.48. The van der Waals surface area contributed by atoms with Gasteiger partial charge in [-0.2, -0.15) is 0 Å². The first-order valence-electron chi connectivity index (χ1n) is 8.44. The first-order chi connectivity index (χ1) is 10.8. The van der Waals surface area contributed by atoms with Gasteiger partial charge in [0.15, 0.2) is 0 Å². The minimum absolute atomic E-state index is 0.00825. The van der Waals surface area contributed by atoms with E-state index >= 15 is 0 Å². The molecule has 2 aliphatic heterocycles. The zero-order valence-electron chi connectivity index (χ0n) is 14.3. The Morgan fingerprint density at radius 1 is 1.35 bits per heavy atom. The molecule has 2 saturated heterocycles. The van der Waals surface area contributed by atoms with Crippen LogP contribution >= 0.6 is 0 Å². The van der Waals surface area contributed by atoms with E-state index in [0.717, 1.165) is 19.3 Å². The van der Waals surface area contributed by atoms with Crippen LogP contribution in [0.15, 0.2) is 18.2 Å². The zero-order chi connectivity index (χ0) is 16.6. The predicted molar refractivity (Wildman–Crippen MR) is 87.3 cm³/mol. The van der Waals surface area contributed by atoms with E-state index < -0.39 is 0 Å². The van der Waals surface area contributed by atoms with Gasteiger partial charge in [-0.05, 0) is 55.0 Å². The maximum Gasteiger partial charge on any atom is 0.310 e. The molecule has 0 aromatic heterocycles. The molecule has 124 valence electrons. The fourth-order valence-electron chi connectivity index (χ4n) is 5.87. The van der Waals surface area contributed by atoms with Crippen LogP contribution in [0, 0.1) is 11.3 Å². The Labute approximate surface area is 137 Å². The van der Waals surface area contributed by atoms with E-state index in [1.54, 1.807) is 6.07 Å². The first-order valence-corrected chi connectivity index (χ1v) is 8.44. The quantitative estimate of drug-likeness (QED) is 0.809. The lowest BCUT2D eigenvalue weighted by Gasteiger charge is -2.69. The summed E-state index contributed by atoms with van der Waals surface area (Å²) in [6, 6.07) is 6.47. The number of hydrogen-bond acceptors (Lipinski definition) is 4.